The van der Waals surface area contributed by atoms with Crippen molar-refractivity contribution in [2.45, 2.75) is 0 Å². The Bertz CT molecular complexity index is 1130. The Balaban J connectivity index is 1.60. The Morgan fingerprint density at radius 2 is 1.65 bits per heavy atom. The molecule has 9 heteroatoms. The number of hydrazone groups is 1. The van der Waals surface area contributed by atoms with Gasteiger partial charge in [-0.2, -0.15) is 5.10 Å². The molecule has 2 amide bonds. The molecular formula is C22H17ClFN3O4. The second-order valence-corrected chi connectivity index (χ2v) is 6.70. The van der Waals surface area contributed by atoms with Gasteiger partial charge < -0.3 is 15.2 Å². The minimum atomic E-state index is -0.468. The zero-order valence-electron chi connectivity index (χ0n) is 16.2. The summed E-state index contributed by atoms with van der Waals surface area (Å²) in [6.07, 6.45) is 1.35. The first-order valence-electron chi connectivity index (χ1n) is 8.94. The van der Waals surface area contributed by atoms with Crippen LogP contribution in [0.15, 0.2) is 65.8 Å². The van der Waals surface area contributed by atoms with E-state index in [0.717, 1.165) is 0 Å². The number of nitrogens with one attached hydrogen (secondary N) is 2. The summed E-state index contributed by atoms with van der Waals surface area (Å²) in [5.74, 6) is -1.30. The maximum Gasteiger partial charge on any atom is 0.271 e. The van der Waals surface area contributed by atoms with Gasteiger partial charge in [0, 0.05) is 16.8 Å². The first-order chi connectivity index (χ1) is 14.9. The van der Waals surface area contributed by atoms with Crippen LogP contribution in [0.1, 0.15) is 26.3 Å². The van der Waals surface area contributed by atoms with E-state index in [-0.39, 0.29) is 16.5 Å². The number of methoxy groups -OCH3 is 1. The smallest absolute Gasteiger partial charge is 0.271 e. The normalized spacial score (nSPS) is 10.7. The molecule has 0 bridgehead atoms. The van der Waals surface area contributed by atoms with Gasteiger partial charge in [-0.25, -0.2) is 9.82 Å². The number of nitrogens with zero attached hydrogens (tertiary/aromatic N) is 1. The van der Waals surface area contributed by atoms with Crippen LogP contribution >= 0.6 is 11.6 Å². The highest BCUT2D eigenvalue weighted by molar-refractivity contribution is 6.32. The van der Waals surface area contributed by atoms with Crippen molar-refractivity contribution in [3.8, 4) is 11.5 Å². The molecule has 3 rings (SSSR count). The monoisotopic (exact) mass is 441 g/mol. The number of carbonyl (C=O) groups is 2. The number of rotatable bonds is 6. The molecule has 0 saturated carbocycles. The fourth-order valence-electron chi connectivity index (χ4n) is 2.56. The maximum absolute atomic E-state index is 12.9. The zero-order chi connectivity index (χ0) is 22.4. The molecule has 0 radical (unpaired) electrons. The van der Waals surface area contributed by atoms with Crippen molar-refractivity contribution in [1.29, 1.82) is 0 Å². The molecule has 0 atom stereocenters. The number of aromatic hydroxyl groups is 1. The third-order valence-electron chi connectivity index (χ3n) is 4.16. The summed E-state index contributed by atoms with van der Waals surface area (Å²) < 4.78 is 18.0. The van der Waals surface area contributed by atoms with Crippen molar-refractivity contribution < 1.29 is 23.8 Å². The van der Waals surface area contributed by atoms with E-state index in [1.807, 2.05) is 0 Å². The number of benzene rings is 3. The largest absolute Gasteiger partial charge is 0.503 e. The number of anilines is 1. The van der Waals surface area contributed by atoms with Gasteiger partial charge in [0.15, 0.2) is 11.5 Å². The van der Waals surface area contributed by atoms with Gasteiger partial charge in [0.25, 0.3) is 11.8 Å². The van der Waals surface area contributed by atoms with E-state index >= 15 is 0 Å². The van der Waals surface area contributed by atoms with Crippen LogP contribution in [0.25, 0.3) is 0 Å². The molecule has 31 heavy (non-hydrogen) atoms. The predicted molar refractivity (Wildman–Crippen MR) is 116 cm³/mol. The van der Waals surface area contributed by atoms with Gasteiger partial charge in [0.1, 0.15) is 5.82 Å². The number of ether oxygens (including phenoxy) is 1. The quantitative estimate of drug-likeness (QED) is 0.394. The average molecular weight is 442 g/mol. The van der Waals surface area contributed by atoms with Crippen LogP contribution < -0.4 is 15.5 Å². The molecule has 0 fully saturated rings. The molecule has 158 valence electrons. The molecule has 3 aromatic carbocycles. The van der Waals surface area contributed by atoms with Crippen LogP contribution in [0, 0.1) is 5.82 Å². The topological polar surface area (TPSA) is 100 Å². The van der Waals surface area contributed by atoms with Gasteiger partial charge >= 0.3 is 0 Å². The van der Waals surface area contributed by atoms with Crippen LogP contribution in [0.4, 0.5) is 10.1 Å². The van der Waals surface area contributed by atoms with Crippen molar-refractivity contribution in [3.63, 3.8) is 0 Å². The SMILES string of the molecule is COc1cc(/C=N/NC(=O)c2ccc(NC(=O)c3ccc(F)cc3)cc2)cc(Cl)c1O. The fourth-order valence-corrected chi connectivity index (χ4v) is 2.78. The summed E-state index contributed by atoms with van der Waals surface area (Å²) in [4.78, 5) is 24.4. The lowest BCUT2D eigenvalue weighted by Gasteiger charge is -2.07. The molecule has 0 saturated heterocycles. The van der Waals surface area contributed by atoms with E-state index in [2.05, 4.69) is 15.8 Å². The molecule has 0 aromatic heterocycles. The third-order valence-corrected chi connectivity index (χ3v) is 4.45. The Labute approximate surface area is 182 Å². The van der Waals surface area contributed by atoms with Crippen molar-refractivity contribution in [2.75, 3.05) is 12.4 Å². The number of hydrogen-bond acceptors (Lipinski definition) is 5. The van der Waals surface area contributed by atoms with Crippen LogP contribution in [-0.2, 0) is 0 Å². The molecule has 0 aliphatic carbocycles. The Hall–Kier alpha value is -3.91. The molecule has 0 unspecified atom stereocenters. The van der Waals surface area contributed by atoms with Crippen LogP contribution in [0.3, 0.4) is 0 Å². The highest BCUT2D eigenvalue weighted by atomic mass is 35.5. The van der Waals surface area contributed by atoms with Crippen molar-refractivity contribution >= 4 is 35.3 Å². The molecule has 0 heterocycles. The van der Waals surface area contributed by atoms with Crippen molar-refractivity contribution in [3.05, 3.63) is 88.2 Å². The summed E-state index contributed by atoms with van der Waals surface area (Å²) in [6.45, 7) is 0. The number of hydrogen-bond donors (Lipinski definition) is 3. The van der Waals surface area contributed by atoms with E-state index in [1.54, 1.807) is 12.1 Å². The number of phenolic OH excluding ortho intramolecular Hbond substituents is 1. The van der Waals surface area contributed by atoms with Gasteiger partial charge in [-0.15, -0.1) is 0 Å². The summed E-state index contributed by atoms with van der Waals surface area (Å²) in [5.41, 5.74) is 3.98. The Morgan fingerprint density at radius 1 is 1.03 bits per heavy atom. The highest BCUT2D eigenvalue weighted by Gasteiger charge is 2.09. The summed E-state index contributed by atoms with van der Waals surface area (Å²) in [6, 6.07) is 14.3. The minimum absolute atomic E-state index is 0.0883. The van der Waals surface area contributed by atoms with E-state index in [9.17, 15) is 19.1 Å². The predicted octanol–water partition coefficient (Wildman–Crippen LogP) is 4.21. The summed E-state index contributed by atoms with van der Waals surface area (Å²) in [7, 11) is 1.39. The standard InChI is InChI=1S/C22H17ClFN3O4/c1-31-19-11-13(10-18(23)20(19)28)12-25-27-22(30)15-4-8-17(9-5-15)26-21(29)14-2-6-16(24)7-3-14/h2-12,28H,1H3,(H,26,29)(H,27,30)/b25-12+. The number of phenols is 1. The summed E-state index contributed by atoms with van der Waals surface area (Å²) >= 11 is 5.91. The van der Waals surface area contributed by atoms with Crippen LogP contribution in [0.5, 0.6) is 11.5 Å². The second-order valence-electron chi connectivity index (χ2n) is 6.29. The first-order valence-corrected chi connectivity index (χ1v) is 9.32. The molecule has 0 aliphatic rings. The lowest BCUT2D eigenvalue weighted by molar-refractivity contribution is 0.0954. The number of carbonyl (C=O) groups excluding carboxylic acids is 2. The third kappa shape index (κ3) is 5.58. The van der Waals surface area contributed by atoms with E-state index in [1.165, 1.54) is 61.9 Å². The number of halogens is 2. The van der Waals surface area contributed by atoms with Gasteiger partial charge in [-0.3, -0.25) is 9.59 Å². The van der Waals surface area contributed by atoms with Crippen LogP contribution in [-0.4, -0.2) is 30.2 Å². The molecule has 3 aromatic rings. The van der Waals surface area contributed by atoms with Gasteiger partial charge in [-0.1, -0.05) is 11.6 Å². The number of amides is 2. The molecule has 0 aliphatic heterocycles. The molecule has 7 nitrogen and oxygen atoms in total. The Morgan fingerprint density at radius 3 is 2.29 bits per heavy atom. The van der Waals surface area contributed by atoms with Gasteiger partial charge in [0.2, 0.25) is 0 Å². The lowest BCUT2D eigenvalue weighted by Crippen LogP contribution is -2.18. The second kappa shape index (κ2) is 9.73. The highest BCUT2D eigenvalue weighted by Crippen LogP contribution is 2.34. The molecular weight excluding hydrogens is 425 g/mol. The molecule has 3 N–H and O–H groups in total. The van der Waals surface area contributed by atoms with Crippen molar-refractivity contribution in [1.82, 2.24) is 5.43 Å². The van der Waals surface area contributed by atoms with E-state index in [4.69, 9.17) is 16.3 Å². The summed E-state index contributed by atoms with van der Waals surface area (Å²) in [5, 5.41) is 16.3. The van der Waals surface area contributed by atoms with Gasteiger partial charge in [-0.05, 0) is 66.2 Å². The fraction of sp³-hybridized carbons (Fsp3) is 0.0455. The zero-order valence-corrected chi connectivity index (χ0v) is 17.0. The molecule has 0 spiro atoms. The van der Waals surface area contributed by atoms with Crippen LogP contribution in [0.2, 0.25) is 5.02 Å². The minimum Gasteiger partial charge on any atom is -0.503 e. The maximum atomic E-state index is 12.9. The van der Waals surface area contributed by atoms with Crippen molar-refractivity contribution in [2.24, 2.45) is 5.10 Å². The van der Waals surface area contributed by atoms with E-state index in [0.29, 0.717) is 22.4 Å². The first kappa shape index (κ1) is 21.8. The Kier molecular flexibility index (Phi) is 6.84. The lowest BCUT2D eigenvalue weighted by atomic mass is 10.1. The average Bonchev–Trinajstić information content (AvgIpc) is 2.76. The van der Waals surface area contributed by atoms with Gasteiger partial charge in [0.05, 0.1) is 18.3 Å². The van der Waals surface area contributed by atoms with E-state index < -0.39 is 17.6 Å².